The highest BCUT2D eigenvalue weighted by atomic mass is 16.6. The Kier molecular flexibility index (Phi) is 4.32. The van der Waals surface area contributed by atoms with Crippen LogP contribution in [0.5, 0.6) is 11.5 Å². The summed E-state index contributed by atoms with van der Waals surface area (Å²) in [6.45, 7) is 5.31. The first-order valence-corrected chi connectivity index (χ1v) is 8.75. The molecule has 0 saturated carbocycles. The van der Waals surface area contributed by atoms with Crippen molar-refractivity contribution >= 4 is 5.91 Å². The van der Waals surface area contributed by atoms with Crippen LogP contribution < -0.4 is 14.8 Å². The predicted molar refractivity (Wildman–Crippen MR) is 94.9 cm³/mol. The van der Waals surface area contributed by atoms with Crippen molar-refractivity contribution in [2.75, 3.05) is 19.7 Å². The molecule has 130 valence electrons. The summed E-state index contributed by atoms with van der Waals surface area (Å²) in [4.78, 5) is 14.7. The normalized spacial score (nSPS) is 17.9. The van der Waals surface area contributed by atoms with Crippen molar-refractivity contribution in [3.05, 3.63) is 59.2 Å². The monoisotopic (exact) mass is 338 g/mol. The molecule has 0 aromatic heterocycles. The Balaban J connectivity index is 1.46. The number of nitrogens with one attached hydrogen (secondary N) is 1. The molecule has 1 unspecified atom stereocenters. The first-order chi connectivity index (χ1) is 12.2. The van der Waals surface area contributed by atoms with Crippen molar-refractivity contribution in [3.8, 4) is 11.5 Å². The summed E-state index contributed by atoms with van der Waals surface area (Å²) in [5.41, 5.74) is 3.23. The molecule has 2 heterocycles. The minimum Gasteiger partial charge on any atom is -0.486 e. The molecule has 4 rings (SSSR count). The topological polar surface area (TPSA) is 50.8 Å². The highest BCUT2D eigenvalue weighted by molar-refractivity contribution is 5.94. The lowest BCUT2D eigenvalue weighted by Gasteiger charge is -2.31. The van der Waals surface area contributed by atoms with Crippen molar-refractivity contribution in [1.29, 1.82) is 0 Å². The molecule has 0 radical (unpaired) electrons. The number of rotatable bonds is 4. The van der Waals surface area contributed by atoms with Gasteiger partial charge in [0.2, 0.25) is 0 Å². The van der Waals surface area contributed by atoms with Gasteiger partial charge in [0, 0.05) is 25.2 Å². The lowest BCUT2D eigenvalue weighted by Crippen LogP contribution is -2.43. The minimum absolute atomic E-state index is 0.0414. The van der Waals surface area contributed by atoms with E-state index in [1.165, 1.54) is 11.1 Å². The van der Waals surface area contributed by atoms with Gasteiger partial charge in [0.1, 0.15) is 6.61 Å². The van der Waals surface area contributed by atoms with Gasteiger partial charge in [-0.2, -0.15) is 0 Å². The number of amides is 1. The first-order valence-electron chi connectivity index (χ1n) is 8.75. The van der Waals surface area contributed by atoms with E-state index in [1.807, 2.05) is 54.3 Å². The van der Waals surface area contributed by atoms with Gasteiger partial charge < -0.3 is 19.7 Å². The summed E-state index contributed by atoms with van der Waals surface area (Å²) < 4.78 is 11.8. The van der Waals surface area contributed by atoms with Gasteiger partial charge in [-0.15, -0.1) is 0 Å². The highest BCUT2D eigenvalue weighted by Gasteiger charge is 2.25. The molecule has 1 atom stereocenters. The molecular weight excluding hydrogens is 316 g/mol. The third kappa shape index (κ3) is 3.20. The Morgan fingerprint density at radius 1 is 1.16 bits per heavy atom. The number of likely N-dealkylation sites (N-methyl/N-ethyl adjacent to an activating group) is 1. The third-order valence-corrected chi connectivity index (χ3v) is 4.74. The van der Waals surface area contributed by atoms with Crippen LogP contribution in [0, 0.1) is 0 Å². The fourth-order valence-corrected chi connectivity index (χ4v) is 3.36. The number of carbonyl (C=O) groups excluding carboxylic acids is 1. The minimum atomic E-state index is -0.158. The van der Waals surface area contributed by atoms with Crippen LogP contribution in [-0.4, -0.2) is 36.6 Å². The number of benzene rings is 2. The zero-order valence-electron chi connectivity index (χ0n) is 14.3. The van der Waals surface area contributed by atoms with E-state index in [2.05, 4.69) is 5.32 Å². The van der Waals surface area contributed by atoms with Crippen molar-refractivity contribution in [2.24, 2.45) is 0 Å². The van der Waals surface area contributed by atoms with Crippen molar-refractivity contribution in [2.45, 2.75) is 26.1 Å². The third-order valence-electron chi connectivity index (χ3n) is 4.74. The van der Waals surface area contributed by atoms with Gasteiger partial charge in [-0.1, -0.05) is 18.2 Å². The van der Waals surface area contributed by atoms with Gasteiger partial charge in [0.25, 0.3) is 5.91 Å². The van der Waals surface area contributed by atoms with Gasteiger partial charge in [0.05, 0.1) is 6.54 Å². The average molecular weight is 338 g/mol. The molecule has 0 spiro atoms. The maximum atomic E-state index is 12.9. The number of ether oxygens (including phenoxy) is 2. The second kappa shape index (κ2) is 6.76. The zero-order valence-corrected chi connectivity index (χ0v) is 14.3. The molecule has 2 aliphatic heterocycles. The summed E-state index contributed by atoms with van der Waals surface area (Å²) >= 11 is 0. The van der Waals surface area contributed by atoms with E-state index >= 15 is 0 Å². The van der Waals surface area contributed by atoms with Crippen LogP contribution in [-0.2, 0) is 13.1 Å². The summed E-state index contributed by atoms with van der Waals surface area (Å²) in [6.07, 6.45) is -0.158. The van der Waals surface area contributed by atoms with E-state index in [-0.39, 0.29) is 12.0 Å². The van der Waals surface area contributed by atoms with Crippen LogP contribution >= 0.6 is 0 Å². The lowest BCUT2D eigenvalue weighted by atomic mass is 10.1. The summed E-state index contributed by atoms with van der Waals surface area (Å²) in [5.74, 6) is 1.55. The Morgan fingerprint density at radius 2 is 1.96 bits per heavy atom. The largest absolute Gasteiger partial charge is 0.486 e. The Hall–Kier alpha value is -2.53. The van der Waals surface area contributed by atoms with Gasteiger partial charge in [-0.3, -0.25) is 4.79 Å². The summed E-state index contributed by atoms with van der Waals surface area (Å²) in [5, 5.41) is 3.31. The molecule has 25 heavy (non-hydrogen) atoms. The average Bonchev–Trinajstić information content (AvgIpc) is 3.13. The molecule has 2 aromatic rings. The van der Waals surface area contributed by atoms with Crippen LogP contribution in [0.25, 0.3) is 0 Å². The molecule has 5 nitrogen and oxygen atoms in total. The molecule has 0 fully saturated rings. The van der Waals surface area contributed by atoms with Crippen molar-refractivity contribution in [3.63, 3.8) is 0 Å². The van der Waals surface area contributed by atoms with Crippen molar-refractivity contribution < 1.29 is 14.3 Å². The van der Waals surface area contributed by atoms with Gasteiger partial charge in [-0.25, -0.2) is 0 Å². The Morgan fingerprint density at radius 3 is 2.80 bits per heavy atom. The maximum absolute atomic E-state index is 12.9. The van der Waals surface area contributed by atoms with Crippen LogP contribution in [0.1, 0.15) is 28.4 Å². The second-order valence-electron chi connectivity index (χ2n) is 6.43. The van der Waals surface area contributed by atoms with E-state index < -0.39 is 0 Å². The molecule has 0 bridgehead atoms. The summed E-state index contributed by atoms with van der Waals surface area (Å²) in [7, 11) is 0. The summed E-state index contributed by atoms with van der Waals surface area (Å²) in [6, 6.07) is 13.6. The Bertz CT molecular complexity index is 790. The van der Waals surface area contributed by atoms with Crippen LogP contribution in [0.2, 0.25) is 0 Å². The van der Waals surface area contributed by atoms with Crippen LogP contribution in [0.4, 0.5) is 0 Å². The van der Waals surface area contributed by atoms with Crippen LogP contribution in [0.3, 0.4) is 0 Å². The van der Waals surface area contributed by atoms with E-state index in [4.69, 9.17) is 9.47 Å². The van der Waals surface area contributed by atoms with E-state index in [1.54, 1.807) is 0 Å². The van der Waals surface area contributed by atoms with Gasteiger partial charge in [0.15, 0.2) is 17.6 Å². The molecule has 0 saturated heterocycles. The molecule has 0 aliphatic carbocycles. The molecule has 1 amide bonds. The number of hydrogen-bond donors (Lipinski definition) is 1. The SMILES string of the molecule is CCN(CC1COc2ccccc2O1)C(=O)c1ccc2c(c1)CNC2. The smallest absolute Gasteiger partial charge is 0.253 e. The van der Waals surface area contributed by atoms with Crippen LogP contribution in [0.15, 0.2) is 42.5 Å². The fraction of sp³-hybridized carbons (Fsp3) is 0.350. The van der Waals surface area contributed by atoms with Gasteiger partial charge in [-0.05, 0) is 42.3 Å². The molecule has 1 N–H and O–H groups in total. The molecule has 2 aliphatic rings. The standard InChI is InChI=1S/C20H22N2O3/c1-2-22(12-17-13-24-18-5-3-4-6-19(18)25-17)20(23)14-7-8-15-10-21-11-16(15)9-14/h3-9,17,21H,2,10-13H2,1H3. The molecular formula is C20H22N2O3. The second-order valence-corrected chi connectivity index (χ2v) is 6.43. The molecule has 5 heteroatoms. The van der Waals surface area contributed by atoms with E-state index in [0.717, 1.165) is 30.2 Å². The first kappa shape index (κ1) is 16.0. The van der Waals surface area contributed by atoms with E-state index in [9.17, 15) is 4.79 Å². The van der Waals surface area contributed by atoms with Crippen molar-refractivity contribution in [1.82, 2.24) is 10.2 Å². The predicted octanol–water partition coefficient (Wildman–Crippen LogP) is 2.59. The Labute approximate surface area is 147 Å². The van der Waals surface area contributed by atoms with E-state index in [0.29, 0.717) is 19.7 Å². The number of hydrogen-bond acceptors (Lipinski definition) is 4. The quantitative estimate of drug-likeness (QED) is 0.931. The molecule has 2 aromatic carbocycles. The highest BCUT2D eigenvalue weighted by Crippen LogP contribution is 2.31. The lowest BCUT2D eigenvalue weighted by molar-refractivity contribution is 0.0475. The number of nitrogens with zero attached hydrogens (tertiary/aromatic N) is 1. The van der Waals surface area contributed by atoms with Gasteiger partial charge >= 0.3 is 0 Å². The number of carbonyl (C=O) groups is 1. The zero-order chi connectivity index (χ0) is 17.2. The number of fused-ring (bicyclic) bond motifs is 2. The fourth-order valence-electron chi connectivity index (χ4n) is 3.36. The number of para-hydroxylation sites is 2. The maximum Gasteiger partial charge on any atom is 0.253 e.